The number of rotatable bonds is 5. The van der Waals surface area contributed by atoms with Crippen molar-refractivity contribution in [1.29, 1.82) is 0 Å². The van der Waals surface area contributed by atoms with Gasteiger partial charge in [-0.15, -0.1) is 0 Å². The molecule has 18 heavy (non-hydrogen) atoms. The number of carbonyl (C=O) groups is 1. The van der Waals surface area contributed by atoms with Crippen molar-refractivity contribution in [3.05, 3.63) is 35.9 Å². The van der Waals surface area contributed by atoms with Crippen molar-refractivity contribution in [2.24, 2.45) is 0 Å². The highest BCUT2D eigenvalue weighted by Gasteiger charge is 2.19. The first-order valence-electron chi connectivity index (χ1n) is 6.84. The van der Waals surface area contributed by atoms with E-state index in [-0.39, 0.29) is 5.91 Å². The topological polar surface area (TPSA) is 41.1 Å². The summed E-state index contributed by atoms with van der Waals surface area (Å²) in [5.41, 5.74) is 1.26. The Morgan fingerprint density at radius 1 is 1.44 bits per heavy atom. The molecule has 3 nitrogen and oxygen atoms in total. The van der Waals surface area contributed by atoms with Gasteiger partial charge in [0.2, 0.25) is 5.91 Å². The van der Waals surface area contributed by atoms with E-state index >= 15 is 0 Å². The van der Waals surface area contributed by atoms with Crippen molar-refractivity contribution in [1.82, 2.24) is 10.6 Å². The lowest BCUT2D eigenvalue weighted by Gasteiger charge is -2.17. The number of carbonyl (C=O) groups excluding carboxylic acids is 1. The normalized spacial score (nSPS) is 20.6. The van der Waals surface area contributed by atoms with Crippen molar-refractivity contribution in [3.63, 3.8) is 0 Å². The lowest BCUT2D eigenvalue weighted by Crippen LogP contribution is -2.36. The third-order valence-electron chi connectivity index (χ3n) is 3.62. The Morgan fingerprint density at radius 3 is 2.83 bits per heavy atom. The van der Waals surface area contributed by atoms with E-state index in [1.807, 2.05) is 18.2 Å². The van der Waals surface area contributed by atoms with E-state index in [9.17, 15) is 4.79 Å². The van der Waals surface area contributed by atoms with Crippen LogP contribution in [-0.2, 0) is 4.79 Å². The molecule has 0 spiro atoms. The highest BCUT2D eigenvalue weighted by atomic mass is 16.1. The van der Waals surface area contributed by atoms with Gasteiger partial charge < -0.3 is 10.6 Å². The van der Waals surface area contributed by atoms with Crippen molar-refractivity contribution in [2.75, 3.05) is 13.1 Å². The van der Waals surface area contributed by atoms with Crippen LogP contribution in [0.4, 0.5) is 0 Å². The summed E-state index contributed by atoms with van der Waals surface area (Å²) < 4.78 is 0. The van der Waals surface area contributed by atoms with Gasteiger partial charge in [-0.05, 0) is 30.9 Å². The summed E-state index contributed by atoms with van der Waals surface area (Å²) in [5.74, 6) is 0.514. The maximum atomic E-state index is 12.0. The second-order valence-corrected chi connectivity index (χ2v) is 4.98. The van der Waals surface area contributed by atoms with Gasteiger partial charge in [0.15, 0.2) is 0 Å². The van der Waals surface area contributed by atoms with E-state index < -0.39 is 0 Å². The zero-order valence-electron chi connectivity index (χ0n) is 11.0. The first-order chi connectivity index (χ1) is 8.79. The zero-order valence-corrected chi connectivity index (χ0v) is 11.0. The number of nitrogens with one attached hydrogen (secondary N) is 2. The molecule has 2 N–H and O–H groups in total. The van der Waals surface area contributed by atoms with Gasteiger partial charge >= 0.3 is 0 Å². The Labute approximate surface area is 109 Å². The van der Waals surface area contributed by atoms with Crippen LogP contribution in [0, 0.1) is 0 Å². The molecule has 0 aromatic heterocycles. The van der Waals surface area contributed by atoms with Crippen LogP contribution < -0.4 is 10.6 Å². The molecule has 0 aliphatic carbocycles. The molecule has 1 saturated heterocycles. The van der Waals surface area contributed by atoms with Gasteiger partial charge in [0, 0.05) is 19.0 Å². The lowest BCUT2D eigenvalue weighted by atomic mass is 9.93. The summed E-state index contributed by atoms with van der Waals surface area (Å²) >= 11 is 0. The van der Waals surface area contributed by atoms with E-state index in [0.717, 1.165) is 25.9 Å². The second kappa shape index (κ2) is 6.55. The summed E-state index contributed by atoms with van der Waals surface area (Å²) in [6.07, 6.45) is 2.64. The van der Waals surface area contributed by atoms with Crippen LogP contribution in [0.15, 0.2) is 30.3 Å². The molecule has 1 fully saturated rings. The monoisotopic (exact) mass is 246 g/mol. The van der Waals surface area contributed by atoms with Crippen LogP contribution in [0.1, 0.15) is 37.7 Å². The molecule has 98 valence electrons. The maximum absolute atomic E-state index is 12.0. The summed E-state index contributed by atoms with van der Waals surface area (Å²) in [4.78, 5) is 12.0. The van der Waals surface area contributed by atoms with E-state index in [1.54, 1.807) is 0 Å². The van der Waals surface area contributed by atoms with Crippen molar-refractivity contribution < 1.29 is 4.79 Å². The zero-order chi connectivity index (χ0) is 12.8. The van der Waals surface area contributed by atoms with Gasteiger partial charge in [-0.3, -0.25) is 4.79 Å². The van der Waals surface area contributed by atoms with Crippen LogP contribution in [0.25, 0.3) is 0 Å². The third-order valence-corrected chi connectivity index (χ3v) is 3.62. The number of hydrogen-bond acceptors (Lipinski definition) is 2. The van der Waals surface area contributed by atoms with Gasteiger partial charge in [-0.2, -0.15) is 0 Å². The molecule has 0 bridgehead atoms. The van der Waals surface area contributed by atoms with Gasteiger partial charge in [-0.25, -0.2) is 0 Å². The van der Waals surface area contributed by atoms with Gasteiger partial charge in [-0.1, -0.05) is 37.3 Å². The smallest absolute Gasteiger partial charge is 0.220 e. The molecule has 0 radical (unpaired) electrons. The highest BCUT2D eigenvalue weighted by molar-refractivity contribution is 5.77. The van der Waals surface area contributed by atoms with E-state index in [1.165, 1.54) is 5.56 Å². The Morgan fingerprint density at radius 2 is 2.22 bits per heavy atom. The summed E-state index contributed by atoms with van der Waals surface area (Å²) in [7, 11) is 0. The fourth-order valence-electron chi connectivity index (χ4n) is 2.51. The molecule has 3 heteroatoms. The van der Waals surface area contributed by atoms with Gasteiger partial charge in [0.05, 0.1) is 0 Å². The number of amides is 1. The molecule has 2 rings (SSSR count). The van der Waals surface area contributed by atoms with Crippen LogP contribution in [-0.4, -0.2) is 25.0 Å². The third kappa shape index (κ3) is 3.57. The summed E-state index contributed by atoms with van der Waals surface area (Å²) in [6.45, 7) is 4.07. The average Bonchev–Trinajstić information content (AvgIpc) is 2.90. The molecule has 1 aliphatic heterocycles. The van der Waals surface area contributed by atoms with Gasteiger partial charge in [0.1, 0.15) is 0 Å². The largest absolute Gasteiger partial charge is 0.352 e. The Bertz CT molecular complexity index is 371. The minimum absolute atomic E-state index is 0.180. The van der Waals surface area contributed by atoms with Crippen LogP contribution in [0.5, 0.6) is 0 Å². The first kappa shape index (κ1) is 13.1. The Kier molecular flexibility index (Phi) is 4.76. The quantitative estimate of drug-likeness (QED) is 0.835. The average molecular weight is 246 g/mol. The second-order valence-electron chi connectivity index (χ2n) is 4.98. The molecule has 1 heterocycles. The summed E-state index contributed by atoms with van der Waals surface area (Å²) in [5, 5.41) is 6.37. The Balaban J connectivity index is 1.87. The molecular weight excluding hydrogens is 224 g/mol. The molecule has 1 aromatic rings. The minimum atomic E-state index is 0.180. The lowest BCUT2D eigenvalue weighted by molar-refractivity contribution is -0.122. The molecule has 1 amide bonds. The highest BCUT2D eigenvalue weighted by Crippen LogP contribution is 2.22. The minimum Gasteiger partial charge on any atom is -0.352 e. The number of benzene rings is 1. The fourth-order valence-corrected chi connectivity index (χ4v) is 2.51. The molecule has 1 aliphatic rings. The molecule has 0 saturated carbocycles. The number of hydrogen-bond donors (Lipinski definition) is 2. The van der Waals surface area contributed by atoms with E-state index in [0.29, 0.717) is 18.4 Å². The summed E-state index contributed by atoms with van der Waals surface area (Å²) in [6, 6.07) is 10.6. The SMILES string of the molecule is CCC(CC(=O)NC1CCNC1)c1ccccc1. The van der Waals surface area contributed by atoms with E-state index in [4.69, 9.17) is 0 Å². The van der Waals surface area contributed by atoms with E-state index in [2.05, 4.69) is 29.7 Å². The predicted octanol–water partition coefficient (Wildman–Crippen LogP) is 2.05. The first-order valence-corrected chi connectivity index (χ1v) is 6.84. The standard InChI is InChI=1S/C15H22N2O/c1-2-12(13-6-4-3-5-7-13)10-15(18)17-14-8-9-16-11-14/h3-7,12,14,16H,2,8-11H2,1H3,(H,17,18). The van der Waals surface area contributed by atoms with Crippen molar-refractivity contribution in [3.8, 4) is 0 Å². The molecule has 2 atom stereocenters. The Hall–Kier alpha value is -1.35. The molecular formula is C15H22N2O. The maximum Gasteiger partial charge on any atom is 0.220 e. The molecule has 2 unspecified atom stereocenters. The van der Waals surface area contributed by atoms with Crippen LogP contribution in [0.3, 0.4) is 0 Å². The van der Waals surface area contributed by atoms with Gasteiger partial charge in [0.25, 0.3) is 0 Å². The van der Waals surface area contributed by atoms with Crippen LogP contribution in [0.2, 0.25) is 0 Å². The van der Waals surface area contributed by atoms with Crippen molar-refractivity contribution in [2.45, 2.75) is 38.1 Å². The van der Waals surface area contributed by atoms with Crippen molar-refractivity contribution >= 4 is 5.91 Å². The van der Waals surface area contributed by atoms with Crippen LogP contribution >= 0.6 is 0 Å². The molecule has 1 aromatic carbocycles. The predicted molar refractivity (Wildman–Crippen MR) is 73.5 cm³/mol. The fraction of sp³-hybridized carbons (Fsp3) is 0.533.